The maximum absolute atomic E-state index is 13.2. The zero-order valence-corrected chi connectivity index (χ0v) is 11.8. The van der Waals surface area contributed by atoms with Gasteiger partial charge in [0.15, 0.2) is 0 Å². The second-order valence-corrected chi connectivity index (χ2v) is 5.22. The molecule has 0 radical (unpaired) electrons. The van der Waals surface area contributed by atoms with E-state index < -0.39 is 6.10 Å². The van der Waals surface area contributed by atoms with E-state index in [1.165, 1.54) is 12.1 Å². The number of aliphatic hydroxyl groups excluding tert-OH is 1. The molecule has 1 N–H and O–H groups in total. The summed E-state index contributed by atoms with van der Waals surface area (Å²) in [6.07, 6.45) is -0.553. The van der Waals surface area contributed by atoms with Gasteiger partial charge >= 0.3 is 0 Å². The molecule has 0 aromatic heterocycles. The van der Waals surface area contributed by atoms with Crippen molar-refractivity contribution in [2.75, 3.05) is 7.11 Å². The first-order valence-electron chi connectivity index (χ1n) is 6.89. The van der Waals surface area contributed by atoms with Gasteiger partial charge in [-0.05, 0) is 35.4 Å². The monoisotopic (exact) mass is 288 g/mol. The van der Waals surface area contributed by atoms with Crippen molar-refractivity contribution in [1.29, 1.82) is 0 Å². The van der Waals surface area contributed by atoms with Crippen LogP contribution in [0.4, 0.5) is 4.39 Å². The number of ether oxygens (including phenoxy) is 2. The minimum Gasteiger partial charge on any atom is -0.485 e. The lowest BCUT2D eigenvalue weighted by atomic mass is 9.94. The molecule has 0 amide bonds. The van der Waals surface area contributed by atoms with Crippen molar-refractivity contribution in [1.82, 2.24) is 0 Å². The number of benzene rings is 2. The van der Waals surface area contributed by atoms with Gasteiger partial charge in [-0.3, -0.25) is 0 Å². The number of hydrogen-bond acceptors (Lipinski definition) is 3. The molecule has 110 valence electrons. The van der Waals surface area contributed by atoms with E-state index in [0.717, 1.165) is 11.1 Å². The Balaban J connectivity index is 1.88. The van der Waals surface area contributed by atoms with Crippen molar-refractivity contribution < 1.29 is 19.0 Å². The molecule has 0 fully saturated rings. The third-order valence-corrected chi connectivity index (χ3v) is 3.67. The molecule has 0 saturated carbocycles. The van der Waals surface area contributed by atoms with E-state index in [4.69, 9.17) is 9.47 Å². The van der Waals surface area contributed by atoms with Crippen LogP contribution < -0.4 is 4.74 Å². The van der Waals surface area contributed by atoms with Gasteiger partial charge in [0.05, 0.1) is 12.7 Å². The van der Waals surface area contributed by atoms with Crippen LogP contribution in [0.3, 0.4) is 0 Å². The Morgan fingerprint density at radius 2 is 2.14 bits per heavy atom. The number of aliphatic hydroxyl groups is 1. The predicted molar refractivity (Wildman–Crippen MR) is 76.5 cm³/mol. The van der Waals surface area contributed by atoms with Gasteiger partial charge in [0.25, 0.3) is 0 Å². The van der Waals surface area contributed by atoms with Crippen LogP contribution in [0, 0.1) is 5.82 Å². The predicted octanol–water partition coefficient (Wildman–Crippen LogP) is 3.53. The average molecular weight is 288 g/mol. The largest absolute Gasteiger partial charge is 0.485 e. The van der Waals surface area contributed by atoms with Gasteiger partial charge in [0.1, 0.15) is 17.7 Å². The summed E-state index contributed by atoms with van der Waals surface area (Å²) < 4.78 is 24.3. The summed E-state index contributed by atoms with van der Waals surface area (Å²) in [5.74, 6) is 0.175. The Morgan fingerprint density at radius 1 is 1.29 bits per heavy atom. The van der Waals surface area contributed by atoms with Crippen molar-refractivity contribution in [3.8, 4) is 5.75 Å². The summed E-state index contributed by atoms with van der Waals surface area (Å²) >= 11 is 0. The molecule has 4 heteroatoms. The highest BCUT2D eigenvalue weighted by Gasteiger charge is 2.28. The van der Waals surface area contributed by atoms with Crippen LogP contribution in [0.5, 0.6) is 5.75 Å². The van der Waals surface area contributed by atoms with E-state index in [-0.39, 0.29) is 11.9 Å². The lowest BCUT2D eigenvalue weighted by molar-refractivity contribution is 0.0652. The van der Waals surface area contributed by atoms with E-state index in [1.807, 2.05) is 24.3 Å². The van der Waals surface area contributed by atoms with Gasteiger partial charge in [-0.25, -0.2) is 4.39 Å². The molecule has 0 spiro atoms. The molecule has 3 nitrogen and oxygen atoms in total. The van der Waals surface area contributed by atoms with Crippen LogP contribution in [0.1, 0.15) is 35.3 Å². The summed E-state index contributed by atoms with van der Waals surface area (Å²) in [6.45, 7) is 0.533. The molecule has 1 heterocycles. The van der Waals surface area contributed by atoms with E-state index in [9.17, 15) is 9.50 Å². The minimum atomic E-state index is -0.722. The van der Waals surface area contributed by atoms with Crippen molar-refractivity contribution in [3.05, 3.63) is 65.0 Å². The zero-order valence-electron chi connectivity index (χ0n) is 11.8. The van der Waals surface area contributed by atoms with E-state index >= 15 is 0 Å². The molecule has 2 aromatic carbocycles. The molecule has 21 heavy (non-hydrogen) atoms. The van der Waals surface area contributed by atoms with Crippen molar-refractivity contribution in [2.45, 2.75) is 25.2 Å². The standard InChI is InChI=1S/C17H17FO3/c1-20-10-11-3-2-4-12(7-11)17-9-15(19)14-8-13(18)5-6-16(14)21-17/h2-8,15,17,19H,9-10H2,1H3/t15-,17?/m1/s1. The van der Waals surface area contributed by atoms with Crippen LogP contribution in [0.15, 0.2) is 42.5 Å². The highest BCUT2D eigenvalue weighted by molar-refractivity contribution is 5.39. The molecule has 1 aliphatic heterocycles. The summed E-state index contributed by atoms with van der Waals surface area (Å²) in [7, 11) is 1.65. The van der Waals surface area contributed by atoms with Crippen LogP contribution in [0.2, 0.25) is 0 Å². The molecular formula is C17H17FO3. The number of methoxy groups -OCH3 is 1. The molecule has 0 saturated heterocycles. The van der Waals surface area contributed by atoms with Crippen LogP contribution >= 0.6 is 0 Å². The van der Waals surface area contributed by atoms with E-state index in [0.29, 0.717) is 24.3 Å². The Kier molecular flexibility index (Phi) is 3.90. The van der Waals surface area contributed by atoms with Crippen LogP contribution in [0.25, 0.3) is 0 Å². The van der Waals surface area contributed by atoms with E-state index in [1.54, 1.807) is 13.2 Å². The number of hydrogen-bond donors (Lipinski definition) is 1. The number of rotatable bonds is 3. The summed E-state index contributed by atoms with van der Waals surface area (Å²) in [5.41, 5.74) is 2.55. The lowest BCUT2D eigenvalue weighted by Crippen LogP contribution is -2.19. The molecule has 0 aliphatic carbocycles. The highest BCUT2D eigenvalue weighted by atomic mass is 19.1. The quantitative estimate of drug-likeness (QED) is 0.939. The van der Waals surface area contributed by atoms with Gasteiger partial charge < -0.3 is 14.6 Å². The molecule has 1 aliphatic rings. The maximum atomic E-state index is 13.2. The third-order valence-electron chi connectivity index (χ3n) is 3.67. The topological polar surface area (TPSA) is 38.7 Å². The lowest BCUT2D eigenvalue weighted by Gasteiger charge is -2.30. The Hall–Kier alpha value is -1.91. The second kappa shape index (κ2) is 5.84. The SMILES string of the molecule is COCc1cccc(C2C[C@@H](O)c3cc(F)ccc3O2)c1. The fraction of sp³-hybridized carbons (Fsp3) is 0.294. The molecule has 2 atom stereocenters. The van der Waals surface area contributed by atoms with Gasteiger partial charge in [-0.15, -0.1) is 0 Å². The van der Waals surface area contributed by atoms with E-state index in [2.05, 4.69) is 0 Å². The fourth-order valence-corrected chi connectivity index (χ4v) is 2.67. The summed E-state index contributed by atoms with van der Waals surface area (Å²) in [6, 6.07) is 12.1. The Morgan fingerprint density at radius 3 is 2.95 bits per heavy atom. The summed E-state index contributed by atoms with van der Waals surface area (Å²) in [4.78, 5) is 0. The summed E-state index contributed by atoms with van der Waals surface area (Å²) in [5, 5.41) is 10.2. The fourth-order valence-electron chi connectivity index (χ4n) is 2.67. The van der Waals surface area contributed by atoms with Crippen molar-refractivity contribution in [3.63, 3.8) is 0 Å². The van der Waals surface area contributed by atoms with Crippen LogP contribution in [-0.2, 0) is 11.3 Å². The smallest absolute Gasteiger partial charge is 0.127 e. The van der Waals surface area contributed by atoms with Crippen LogP contribution in [-0.4, -0.2) is 12.2 Å². The first-order valence-corrected chi connectivity index (χ1v) is 6.89. The average Bonchev–Trinajstić information content (AvgIpc) is 2.48. The zero-order chi connectivity index (χ0) is 14.8. The molecule has 0 bridgehead atoms. The second-order valence-electron chi connectivity index (χ2n) is 5.22. The molecule has 3 rings (SSSR count). The molecule has 1 unspecified atom stereocenters. The third kappa shape index (κ3) is 2.91. The molecule has 2 aromatic rings. The van der Waals surface area contributed by atoms with Gasteiger partial charge in [-0.2, -0.15) is 0 Å². The molecular weight excluding hydrogens is 271 g/mol. The Labute approximate surface area is 122 Å². The number of fused-ring (bicyclic) bond motifs is 1. The van der Waals surface area contributed by atoms with Gasteiger partial charge in [0.2, 0.25) is 0 Å². The number of halogens is 1. The Bertz CT molecular complexity index is 642. The minimum absolute atomic E-state index is 0.241. The first kappa shape index (κ1) is 14.0. The van der Waals surface area contributed by atoms with Gasteiger partial charge in [-0.1, -0.05) is 18.2 Å². The van der Waals surface area contributed by atoms with Gasteiger partial charge in [0, 0.05) is 19.1 Å². The normalized spacial score (nSPS) is 20.7. The first-order chi connectivity index (χ1) is 10.2. The maximum Gasteiger partial charge on any atom is 0.127 e. The van der Waals surface area contributed by atoms with Crippen molar-refractivity contribution in [2.24, 2.45) is 0 Å². The highest BCUT2D eigenvalue weighted by Crippen LogP contribution is 2.41. The van der Waals surface area contributed by atoms with Crippen molar-refractivity contribution >= 4 is 0 Å².